The van der Waals surface area contributed by atoms with Crippen molar-refractivity contribution in [1.82, 2.24) is 9.97 Å². The first-order valence-electron chi connectivity index (χ1n) is 7.29. The summed E-state index contributed by atoms with van der Waals surface area (Å²) < 4.78 is 0. The zero-order valence-corrected chi connectivity index (χ0v) is 12.6. The van der Waals surface area contributed by atoms with Crippen LogP contribution >= 0.6 is 0 Å². The van der Waals surface area contributed by atoms with Gasteiger partial charge in [-0.1, -0.05) is 12.1 Å². The Morgan fingerprint density at radius 3 is 2.48 bits per heavy atom. The third kappa shape index (κ3) is 2.91. The molecule has 0 atom stereocenters. The van der Waals surface area contributed by atoms with E-state index in [1.54, 1.807) is 6.20 Å². The first-order valence-corrected chi connectivity index (χ1v) is 7.29. The first kappa shape index (κ1) is 13.7. The SMILES string of the molecule is Cc1cccc(N2CCN(c3nc(N)ncc3C)CC2)c1. The summed E-state index contributed by atoms with van der Waals surface area (Å²) in [6.07, 6.45) is 1.80. The summed E-state index contributed by atoms with van der Waals surface area (Å²) in [5.74, 6) is 1.31. The lowest BCUT2D eigenvalue weighted by atomic mass is 10.2. The van der Waals surface area contributed by atoms with Crippen LogP contribution in [0.3, 0.4) is 0 Å². The Balaban J connectivity index is 1.72. The smallest absolute Gasteiger partial charge is 0.221 e. The molecule has 0 unspecified atom stereocenters. The molecular weight excluding hydrogens is 262 g/mol. The van der Waals surface area contributed by atoms with Crippen LogP contribution in [0.1, 0.15) is 11.1 Å². The molecule has 5 heteroatoms. The molecule has 1 aliphatic rings. The largest absolute Gasteiger partial charge is 0.368 e. The molecule has 1 fully saturated rings. The molecule has 1 aromatic carbocycles. The number of aromatic nitrogens is 2. The number of nitrogens with two attached hydrogens (primary N) is 1. The zero-order valence-electron chi connectivity index (χ0n) is 12.6. The predicted octanol–water partition coefficient (Wildman–Crippen LogP) is 2.00. The van der Waals surface area contributed by atoms with Crippen molar-refractivity contribution in [3.8, 4) is 0 Å². The van der Waals surface area contributed by atoms with Gasteiger partial charge < -0.3 is 15.5 Å². The molecule has 0 aliphatic carbocycles. The van der Waals surface area contributed by atoms with E-state index in [2.05, 4.69) is 51.0 Å². The number of rotatable bonds is 2. The highest BCUT2D eigenvalue weighted by Gasteiger charge is 2.20. The summed E-state index contributed by atoms with van der Waals surface area (Å²) in [6, 6.07) is 8.67. The van der Waals surface area contributed by atoms with Crippen LogP contribution in [-0.2, 0) is 0 Å². The highest BCUT2D eigenvalue weighted by molar-refractivity contribution is 5.53. The van der Waals surface area contributed by atoms with Crippen molar-refractivity contribution in [2.24, 2.45) is 0 Å². The van der Waals surface area contributed by atoms with E-state index in [0.717, 1.165) is 37.6 Å². The fourth-order valence-electron chi connectivity index (χ4n) is 2.77. The van der Waals surface area contributed by atoms with Crippen LogP contribution in [0.15, 0.2) is 30.5 Å². The van der Waals surface area contributed by atoms with Gasteiger partial charge >= 0.3 is 0 Å². The van der Waals surface area contributed by atoms with Crippen LogP contribution in [0.4, 0.5) is 17.5 Å². The molecule has 0 radical (unpaired) electrons. The van der Waals surface area contributed by atoms with E-state index in [1.807, 2.05) is 6.92 Å². The molecule has 3 rings (SSSR count). The number of hydrogen-bond acceptors (Lipinski definition) is 5. The third-order valence-corrected chi connectivity index (χ3v) is 3.91. The number of anilines is 3. The van der Waals surface area contributed by atoms with Gasteiger partial charge in [-0.15, -0.1) is 0 Å². The Hall–Kier alpha value is -2.30. The van der Waals surface area contributed by atoms with Crippen LogP contribution in [0.25, 0.3) is 0 Å². The fourth-order valence-corrected chi connectivity index (χ4v) is 2.77. The van der Waals surface area contributed by atoms with Gasteiger partial charge in [0.05, 0.1) is 0 Å². The van der Waals surface area contributed by atoms with Crippen LogP contribution < -0.4 is 15.5 Å². The number of aryl methyl sites for hydroxylation is 2. The van der Waals surface area contributed by atoms with Crippen molar-refractivity contribution in [1.29, 1.82) is 0 Å². The Labute approximate surface area is 125 Å². The number of piperazine rings is 1. The number of nitrogens with zero attached hydrogens (tertiary/aromatic N) is 4. The highest BCUT2D eigenvalue weighted by atomic mass is 15.3. The van der Waals surface area contributed by atoms with E-state index >= 15 is 0 Å². The van der Waals surface area contributed by atoms with Crippen LogP contribution in [0.5, 0.6) is 0 Å². The number of nitrogen functional groups attached to an aromatic ring is 1. The molecule has 0 spiro atoms. The average molecular weight is 283 g/mol. The van der Waals surface area contributed by atoms with E-state index in [4.69, 9.17) is 5.73 Å². The van der Waals surface area contributed by atoms with Crippen LogP contribution in [-0.4, -0.2) is 36.1 Å². The van der Waals surface area contributed by atoms with Gasteiger partial charge in [-0.3, -0.25) is 0 Å². The number of hydrogen-bond donors (Lipinski definition) is 1. The summed E-state index contributed by atoms with van der Waals surface area (Å²) in [4.78, 5) is 13.1. The van der Waals surface area contributed by atoms with E-state index in [-0.39, 0.29) is 0 Å². The van der Waals surface area contributed by atoms with Crippen molar-refractivity contribution >= 4 is 17.5 Å². The van der Waals surface area contributed by atoms with Crippen LogP contribution in [0.2, 0.25) is 0 Å². The fraction of sp³-hybridized carbons (Fsp3) is 0.375. The molecule has 2 N–H and O–H groups in total. The molecule has 0 amide bonds. The Morgan fingerprint density at radius 2 is 1.76 bits per heavy atom. The molecule has 2 heterocycles. The normalized spacial score (nSPS) is 15.3. The summed E-state index contributed by atoms with van der Waals surface area (Å²) in [6.45, 7) is 8.05. The second kappa shape index (κ2) is 5.60. The molecule has 2 aromatic rings. The van der Waals surface area contributed by atoms with E-state index in [0.29, 0.717) is 5.95 Å². The molecule has 1 saturated heterocycles. The molecule has 110 valence electrons. The molecule has 5 nitrogen and oxygen atoms in total. The summed E-state index contributed by atoms with van der Waals surface area (Å²) in [5, 5.41) is 0. The average Bonchev–Trinajstić information content (AvgIpc) is 2.50. The quantitative estimate of drug-likeness (QED) is 0.913. The molecule has 21 heavy (non-hydrogen) atoms. The maximum Gasteiger partial charge on any atom is 0.221 e. The van der Waals surface area contributed by atoms with E-state index < -0.39 is 0 Å². The predicted molar refractivity (Wildman–Crippen MR) is 86.8 cm³/mol. The van der Waals surface area contributed by atoms with Gasteiger partial charge in [0.2, 0.25) is 5.95 Å². The second-order valence-corrected chi connectivity index (χ2v) is 5.55. The van der Waals surface area contributed by atoms with Gasteiger partial charge in [0.15, 0.2) is 0 Å². The lowest BCUT2D eigenvalue weighted by molar-refractivity contribution is 0.645. The van der Waals surface area contributed by atoms with E-state index in [1.165, 1.54) is 11.3 Å². The maximum atomic E-state index is 5.71. The lowest BCUT2D eigenvalue weighted by Crippen LogP contribution is -2.47. The Bertz CT molecular complexity index is 632. The second-order valence-electron chi connectivity index (χ2n) is 5.55. The molecule has 0 saturated carbocycles. The van der Waals surface area contributed by atoms with Crippen LogP contribution in [0, 0.1) is 13.8 Å². The Morgan fingerprint density at radius 1 is 1.05 bits per heavy atom. The van der Waals surface area contributed by atoms with Gasteiger partial charge in [-0.2, -0.15) is 4.98 Å². The first-order chi connectivity index (χ1) is 10.1. The lowest BCUT2D eigenvalue weighted by Gasteiger charge is -2.37. The molecular formula is C16H21N5. The summed E-state index contributed by atoms with van der Waals surface area (Å²) in [7, 11) is 0. The van der Waals surface area contributed by atoms with Crippen molar-refractivity contribution < 1.29 is 0 Å². The molecule has 0 bridgehead atoms. The maximum absolute atomic E-state index is 5.71. The van der Waals surface area contributed by atoms with Gasteiger partial charge in [-0.25, -0.2) is 4.98 Å². The zero-order chi connectivity index (χ0) is 14.8. The minimum absolute atomic E-state index is 0.344. The molecule has 1 aliphatic heterocycles. The highest BCUT2D eigenvalue weighted by Crippen LogP contribution is 2.22. The third-order valence-electron chi connectivity index (χ3n) is 3.91. The van der Waals surface area contributed by atoms with Crippen molar-refractivity contribution in [2.45, 2.75) is 13.8 Å². The molecule has 1 aromatic heterocycles. The van der Waals surface area contributed by atoms with Gasteiger partial charge in [0.1, 0.15) is 5.82 Å². The summed E-state index contributed by atoms with van der Waals surface area (Å²) in [5.41, 5.74) is 9.39. The summed E-state index contributed by atoms with van der Waals surface area (Å²) >= 11 is 0. The van der Waals surface area contributed by atoms with Crippen molar-refractivity contribution in [3.63, 3.8) is 0 Å². The van der Waals surface area contributed by atoms with Gasteiger partial charge in [0, 0.05) is 43.6 Å². The standard InChI is InChI=1S/C16H21N5/c1-12-4-3-5-14(10-12)20-6-8-21(9-7-20)15-13(2)11-18-16(17)19-15/h3-5,10-11H,6-9H2,1-2H3,(H2,17,18,19). The minimum atomic E-state index is 0.344. The minimum Gasteiger partial charge on any atom is -0.368 e. The van der Waals surface area contributed by atoms with Crippen molar-refractivity contribution in [3.05, 3.63) is 41.6 Å². The van der Waals surface area contributed by atoms with E-state index in [9.17, 15) is 0 Å². The Kier molecular flexibility index (Phi) is 3.64. The van der Waals surface area contributed by atoms with Gasteiger partial charge in [-0.05, 0) is 31.5 Å². The topological polar surface area (TPSA) is 58.3 Å². The van der Waals surface area contributed by atoms with Gasteiger partial charge in [0.25, 0.3) is 0 Å². The van der Waals surface area contributed by atoms with Crippen molar-refractivity contribution in [2.75, 3.05) is 41.7 Å². The monoisotopic (exact) mass is 283 g/mol. The number of benzene rings is 1.